The molecule has 0 spiro atoms. The third-order valence-corrected chi connectivity index (χ3v) is 4.30. The Balaban J connectivity index is 2.00. The van der Waals surface area contributed by atoms with E-state index in [9.17, 15) is 0 Å². The molecule has 0 heterocycles. The molecule has 0 aliphatic heterocycles. The van der Waals surface area contributed by atoms with Gasteiger partial charge in [0.2, 0.25) is 0 Å². The van der Waals surface area contributed by atoms with Crippen LogP contribution in [0.4, 0.5) is 0 Å². The van der Waals surface area contributed by atoms with Crippen LogP contribution >= 0.6 is 0 Å². The minimum atomic E-state index is 0.978. The number of allylic oxidation sites excluding steroid dienone is 2. The largest absolute Gasteiger partial charge is 0.0738 e. The zero-order valence-corrected chi connectivity index (χ0v) is 9.81. The standard InChI is InChI=1S/C14H24/c1-11-7-9-13(10-8-11)14-6-4-3-5-12(14)2/h11,13H,3-10H2,1-2H3. The smallest absolute Gasteiger partial charge is 0.0200 e. The molecule has 80 valence electrons. The Morgan fingerprint density at radius 1 is 0.929 bits per heavy atom. The molecule has 0 nitrogen and oxygen atoms in total. The molecular weight excluding hydrogens is 168 g/mol. The van der Waals surface area contributed by atoms with E-state index in [2.05, 4.69) is 13.8 Å². The van der Waals surface area contributed by atoms with Crippen LogP contribution in [0.5, 0.6) is 0 Å². The maximum atomic E-state index is 2.42. The van der Waals surface area contributed by atoms with Crippen LogP contribution in [0.1, 0.15) is 65.2 Å². The van der Waals surface area contributed by atoms with E-state index in [1.165, 1.54) is 51.4 Å². The van der Waals surface area contributed by atoms with Crippen molar-refractivity contribution in [2.75, 3.05) is 0 Å². The fraction of sp³-hybridized carbons (Fsp3) is 0.857. The number of hydrogen-bond acceptors (Lipinski definition) is 0. The van der Waals surface area contributed by atoms with E-state index in [1.54, 1.807) is 5.57 Å². The van der Waals surface area contributed by atoms with Crippen molar-refractivity contribution < 1.29 is 0 Å². The molecule has 0 radical (unpaired) electrons. The number of rotatable bonds is 1. The van der Waals surface area contributed by atoms with Gasteiger partial charge in [-0.1, -0.05) is 30.9 Å². The first-order chi connectivity index (χ1) is 6.77. The monoisotopic (exact) mass is 192 g/mol. The summed E-state index contributed by atoms with van der Waals surface area (Å²) in [7, 11) is 0. The zero-order chi connectivity index (χ0) is 9.97. The van der Waals surface area contributed by atoms with Gasteiger partial charge in [-0.3, -0.25) is 0 Å². The second-order valence-corrected chi connectivity index (χ2v) is 5.47. The topological polar surface area (TPSA) is 0 Å². The lowest BCUT2D eigenvalue weighted by Crippen LogP contribution is -2.16. The van der Waals surface area contributed by atoms with Gasteiger partial charge in [-0.25, -0.2) is 0 Å². The van der Waals surface area contributed by atoms with Crippen LogP contribution in [0.15, 0.2) is 11.1 Å². The van der Waals surface area contributed by atoms with Gasteiger partial charge in [-0.05, 0) is 57.3 Å². The lowest BCUT2D eigenvalue weighted by Gasteiger charge is -2.31. The molecule has 2 aliphatic carbocycles. The fourth-order valence-corrected chi connectivity index (χ4v) is 3.24. The minimum Gasteiger partial charge on any atom is -0.0738 e. The summed E-state index contributed by atoms with van der Waals surface area (Å²) in [5, 5.41) is 0. The lowest BCUT2D eigenvalue weighted by atomic mass is 9.74. The predicted octanol–water partition coefficient (Wildman–Crippen LogP) is 4.70. The van der Waals surface area contributed by atoms with Crippen LogP contribution in [0.2, 0.25) is 0 Å². The molecule has 0 atom stereocenters. The molecule has 0 aromatic carbocycles. The van der Waals surface area contributed by atoms with Crippen LogP contribution in [0.25, 0.3) is 0 Å². The maximum absolute atomic E-state index is 2.42. The highest BCUT2D eigenvalue weighted by Gasteiger charge is 2.23. The van der Waals surface area contributed by atoms with Gasteiger partial charge in [-0.15, -0.1) is 0 Å². The van der Waals surface area contributed by atoms with Crippen LogP contribution in [-0.2, 0) is 0 Å². The molecule has 2 aliphatic rings. The predicted molar refractivity (Wildman–Crippen MR) is 62.3 cm³/mol. The Labute approximate surface area is 88.8 Å². The van der Waals surface area contributed by atoms with Crippen molar-refractivity contribution in [2.45, 2.75) is 65.2 Å². The normalized spacial score (nSPS) is 34.7. The summed E-state index contributed by atoms with van der Waals surface area (Å²) in [5.41, 5.74) is 3.61. The van der Waals surface area contributed by atoms with Gasteiger partial charge in [0.05, 0.1) is 0 Å². The van der Waals surface area contributed by atoms with E-state index >= 15 is 0 Å². The third kappa shape index (κ3) is 2.21. The average Bonchev–Trinajstić information content (AvgIpc) is 2.20. The molecule has 0 bridgehead atoms. The molecule has 0 aromatic rings. The molecule has 1 saturated carbocycles. The molecule has 2 rings (SSSR count). The van der Waals surface area contributed by atoms with E-state index in [-0.39, 0.29) is 0 Å². The van der Waals surface area contributed by atoms with E-state index in [0.29, 0.717) is 0 Å². The number of hydrogen-bond donors (Lipinski definition) is 0. The SMILES string of the molecule is CC1=C(C2CCC(C)CC2)CCCC1. The first kappa shape index (κ1) is 10.3. The van der Waals surface area contributed by atoms with E-state index in [1.807, 2.05) is 5.57 Å². The van der Waals surface area contributed by atoms with Crippen molar-refractivity contribution in [1.82, 2.24) is 0 Å². The zero-order valence-electron chi connectivity index (χ0n) is 9.81. The van der Waals surface area contributed by atoms with Gasteiger partial charge in [0.1, 0.15) is 0 Å². The van der Waals surface area contributed by atoms with E-state index < -0.39 is 0 Å². The lowest BCUT2D eigenvalue weighted by molar-refractivity contribution is 0.310. The van der Waals surface area contributed by atoms with Crippen LogP contribution < -0.4 is 0 Å². The Kier molecular flexibility index (Phi) is 3.30. The average molecular weight is 192 g/mol. The first-order valence-electron chi connectivity index (χ1n) is 6.46. The van der Waals surface area contributed by atoms with Crippen molar-refractivity contribution >= 4 is 0 Å². The van der Waals surface area contributed by atoms with Crippen molar-refractivity contribution in [2.24, 2.45) is 11.8 Å². The quantitative estimate of drug-likeness (QED) is 0.528. The Bertz CT molecular complexity index is 216. The Morgan fingerprint density at radius 2 is 1.57 bits per heavy atom. The van der Waals surface area contributed by atoms with Gasteiger partial charge in [-0.2, -0.15) is 0 Å². The minimum absolute atomic E-state index is 0.978. The second-order valence-electron chi connectivity index (χ2n) is 5.47. The molecule has 1 fully saturated rings. The highest BCUT2D eigenvalue weighted by atomic mass is 14.3. The van der Waals surface area contributed by atoms with E-state index in [4.69, 9.17) is 0 Å². The summed E-state index contributed by atoms with van der Waals surface area (Å²) in [4.78, 5) is 0. The van der Waals surface area contributed by atoms with Crippen LogP contribution in [0, 0.1) is 11.8 Å². The van der Waals surface area contributed by atoms with Gasteiger partial charge < -0.3 is 0 Å². The molecule has 0 N–H and O–H groups in total. The summed E-state index contributed by atoms with van der Waals surface area (Å²) in [6.07, 6.45) is 11.6. The van der Waals surface area contributed by atoms with Gasteiger partial charge in [0, 0.05) is 0 Å². The van der Waals surface area contributed by atoms with Crippen molar-refractivity contribution in [3.8, 4) is 0 Å². The summed E-state index contributed by atoms with van der Waals surface area (Å²) in [6.45, 7) is 4.80. The third-order valence-electron chi connectivity index (χ3n) is 4.30. The molecule has 0 amide bonds. The van der Waals surface area contributed by atoms with Crippen molar-refractivity contribution in [1.29, 1.82) is 0 Å². The highest BCUT2D eigenvalue weighted by molar-refractivity contribution is 5.18. The molecule has 0 saturated heterocycles. The Hall–Kier alpha value is -0.260. The fourth-order valence-electron chi connectivity index (χ4n) is 3.24. The van der Waals surface area contributed by atoms with Crippen LogP contribution in [-0.4, -0.2) is 0 Å². The molecular formula is C14H24. The highest BCUT2D eigenvalue weighted by Crippen LogP contribution is 2.39. The van der Waals surface area contributed by atoms with Crippen molar-refractivity contribution in [3.63, 3.8) is 0 Å². The second kappa shape index (κ2) is 4.51. The first-order valence-corrected chi connectivity index (χ1v) is 6.46. The van der Waals surface area contributed by atoms with Gasteiger partial charge in [0.15, 0.2) is 0 Å². The van der Waals surface area contributed by atoms with Gasteiger partial charge >= 0.3 is 0 Å². The summed E-state index contributed by atoms with van der Waals surface area (Å²) in [5.74, 6) is 1.97. The molecule has 0 heteroatoms. The Morgan fingerprint density at radius 3 is 2.21 bits per heavy atom. The molecule has 14 heavy (non-hydrogen) atoms. The van der Waals surface area contributed by atoms with E-state index in [0.717, 1.165) is 11.8 Å². The van der Waals surface area contributed by atoms with Crippen molar-refractivity contribution in [3.05, 3.63) is 11.1 Å². The summed E-state index contributed by atoms with van der Waals surface area (Å²) in [6, 6.07) is 0. The summed E-state index contributed by atoms with van der Waals surface area (Å²) >= 11 is 0. The summed E-state index contributed by atoms with van der Waals surface area (Å²) < 4.78 is 0. The van der Waals surface area contributed by atoms with Gasteiger partial charge in [0.25, 0.3) is 0 Å². The molecule has 0 aromatic heterocycles. The molecule has 0 unspecified atom stereocenters. The van der Waals surface area contributed by atoms with Crippen LogP contribution in [0.3, 0.4) is 0 Å². The maximum Gasteiger partial charge on any atom is -0.0200 e.